The summed E-state index contributed by atoms with van der Waals surface area (Å²) < 4.78 is 5.19. The summed E-state index contributed by atoms with van der Waals surface area (Å²) in [5, 5.41) is 3.29. The van der Waals surface area contributed by atoms with Gasteiger partial charge >= 0.3 is 0 Å². The third kappa shape index (κ3) is 1.74. The highest BCUT2D eigenvalue weighted by Crippen LogP contribution is 2.24. The van der Waals surface area contributed by atoms with Crippen molar-refractivity contribution in [1.82, 2.24) is 5.32 Å². The maximum atomic E-state index is 6.00. The molecule has 3 heteroatoms. The fourth-order valence-corrected chi connectivity index (χ4v) is 1.94. The molecule has 1 aliphatic rings. The van der Waals surface area contributed by atoms with Crippen molar-refractivity contribution in [3.05, 3.63) is 29.8 Å². The van der Waals surface area contributed by atoms with Gasteiger partial charge in [0.05, 0.1) is 7.11 Å². The Morgan fingerprint density at radius 3 is 2.93 bits per heavy atom. The first kappa shape index (κ1) is 9.49. The standard InChI is InChI=1S/C11H16N2O/c1-14-9-4-2-3-8(5-9)10-6-13-7-11(10)12/h2-5,10-11,13H,6-7,12H2,1H3/t10-,11+/m0/s1. The zero-order chi connectivity index (χ0) is 9.97. The van der Waals surface area contributed by atoms with E-state index in [1.165, 1.54) is 5.56 Å². The quantitative estimate of drug-likeness (QED) is 0.725. The topological polar surface area (TPSA) is 47.3 Å². The minimum absolute atomic E-state index is 0.224. The van der Waals surface area contributed by atoms with Gasteiger partial charge in [-0.1, -0.05) is 12.1 Å². The van der Waals surface area contributed by atoms with E-state index in [4.69, 9.17) is 10.5 Å². The van der Waals surface area contributed by atoms with E-state index in [-0.39, 0.29) is 6.04 Å². The second-order valence-electron chi connectivity index (χ2n) is 3.71. The van der Waals surface area contributed by atoms with E-state index >= 15 is 0 Å². The van der Waals surface area contributed by atoms with Crippen molar-refractivity contribution in [3.63, 3.8) is 0 Å². The first-order valence-electron chi connectivity index (χ1n) is 4.91. The molecule has 3 nitrogen and oxygen atoms in total. The molecule has 0 amide bonds. The molecule has 0 saturated carbocycles. The third-order valence-electron chi connectivity index (χ3n) is 2.78. The van der Waals surface area contributed by atoms with E-state index in [1.54, 1.807) is 7.11 Å². The molecule has 2 rings (SSSR count). The lowest BCUT2D eigenvalue weighted by atomic mass is 9.95. The van der Waals surface area contributed by atoms with Gasteiger partial charge in [-0.05, 0) is 17.7 Å². The lowest BCUT2D eigenvalue weighted by Gasteiger charge is -2.15. The van der Waals surface area contributed by atoms with E-state index < -0.39 is 0 Å². The molecule has 0 radical (unpaired) electrons. The van der Waals surface area contributed by atoms with Gasteiger partial charge in [-0.3, -0.25) is 0 Å². The Hall–Kier alpha value is -1.06. The minimum atomic E-state index is 0.224. The van der Waals surface area contributed by atoms with E-state index in [2.05, 4.69) is 17.4 Å². The summed E-state index contributed by atoms with van der Waals surface area (Å²) in [6.07, 6.45) is 0. The summed E-state index contributed by atoms with van der Waals surface area (Å²) in [7, 11) is 1.69. The molecule has 1 aromatic carbocycles. The lowest BCUT2D eigenvalue weighted by Crippen LogP contribution is -2.27. The van der Waals surface area contributed by atoms with Gasteiger partial charge in [-0.15, -0.1) is 0 Å². The lowest BCUT2D eigenvalue weighted by molar-refractivity contribution is 0.413. The SMILES string of the molecule is COc1cccc([C@@H]2CNC[C@H]2N)c1. The van der Waals surface area contributed by atoms with Crippen molar-refractivity contribution < 1.29 is 4.74 Å². The van der Waals surface area contributed by atoms with Gasteiger partial charge in [0.25, 0.3) is 0 Å². The molecule has 3 N–H and O–H groups in total. The summed E-state index contributed by atoms with van der Waals surface area (Å²) in [6, 6.07) is 8.37. The Morgan fingerprint density at radius 2 is 2.29 bits per heavy atom. The summed E-state index contributed by atoms with van der Waals surface area (Å²) in [5.41, 5.74) is 7.26. The second-order valence-corrected chi connectivity index (χ2v) is 3.71. The van der Waals surface area contributed by atoms with E-state index in [1.807, 2.05) is 12.1 Å². The Morgan fingerprint density at radius 1 is 1.43 bits per heavy atom. The van der Waals surface area contributed by atoms with E-state index in [0.717, 1.165) is 18.8 Å². The van der Waals surface area contributed by atoms with Crippen LogP contribution in [0.4, 0.5) is 0 Å². The molecule has 1 fully saturated rings. The number of ether oxygens (including phenoxy) is 1. The molecule has 0 aliphatic carbocycles. The van der Waals surface area contributed by atoms with Gasteiger partial charge in [-0.2, -0.15) is 0 Å². The Bertz CT molecular complexity index is 314. The predicted octanol–water partition coefficient (Wildman–Crippen LogP) is 0.709. The van der Waals surface area contributed by atoms with Gasteiger partial charge in [0.15, 0.2) is 0 Å². The first-order valence-corrected chi connectivity index (χ1v) is 4.91. The van der Waals surface area contributed by atoms with Crippen LogP contribution < -0.4 is 15.8 Å². The molecule has 0 unspecified atom stereocenters. The van der Waals surface area contributed by atoms with Crippen LogP contribution in [0.5, 0.6) is 5.75 Å². The third-order valence-corrected chi connectivity index (χ3v) is 2.78. The molecule has 1 aromatic rings. The van der Waals surface area contributed by atoms with E-state index in [0.29, 0.717) is 5.92 Å². The number of hydrogen-bond donors (Lipinski definition) is 2. The highest BCUT2D eigenvalue weighted by atomic mass is 16.5. The molecule has 14 heavy (non-hydrogen) atoms. The molecule has 0 bridgehead atoms. The molecular weight excluding hydrogens is 176 g/mol. The fourth-order valence-electron chi connectivity index (χ4n) is 1.94. The van der Waals surface area contributed by atoms with Crippen molar-refractivity contribution in [2.75, 3.05) is 20.2 Å². The zero-order valence-electron chi connectivity index (χ0n) is 8.36. The highest BCUT2D eigenvalue weighted by molar-refractivity contribution is 5.32. The molecule has 0 spiro atoms. The van der Waals surface area contributed by atoms with Crippen LogP contribution in [0.2, 0.25) is 0 Å². The van der Waals surface area contributed by atoms with Crippen LogP contribution in [0.1, 0.15) is 11.5 Å². The normalized spacial score (nSPS) is 26.4. The zero-order valence-corrected chi connectivity index (χ0v) is 8.36. The molecule has 76 valence electrons. The fraction of sp³-hybridized carbons (Fsp3) is 0.455. The molecule has 0 aromatic heterocycles. The Balaban J connectivity index is 2.22. The minimum Gasteiger partial charge on any atom is -0.497 e. The summed E-state index contributed by atoms with van der Waals surface area (Å²) in [4.78, 5) is 0. The van der Waals surface area contributed by atoms with Crippen molar-refractivity contribution in [2.45, 2.75) is 12.0 Å². The number of hydrogen-bond acceptors (Lipinski definition) is 3. The molecule has 1 heterocycles. The van der Waals surface area contributed by atoms with Gasteiger partial charge in [0, 0.05) is 25.0 Å². The van der Waals surface area contributed by atoms with Gasteiger partial charge in [0.1, 0.15) is 5.75 Å². The monoisotopic (exact) mass is 192 g/mol. The van der Waals surface area contributed by atoms with Gasteiger partial charge < -0.3 is 15.8 Å². The summed E-state index contributed by atoms with van der Waals surface area (Å²) in [5.74, 6) is 1.33. The van der Waals surface area contributed by atoms with Crippen molar-refractivity contribution in [2.24, 2.45) is 5.73 Å². The van der Waals surface area contributed by atoms with Crippen LogP contribution in [0, 0.1) is 0 Å². The molecule has 1 saturated heterocycles. The van der Waals surface area contributed by atoms with Crippen LogP contribution in [0.3, 0.4) is 0 Å². The van der Waals surface area contributed by atoms with Crippen LogP contribution in [0.15, 0.2) is 24.3 Å². The second kappa shape index (κ2) is 3.98. The Labute approximate surface area is 84.3 Å². The smallest absolute Gasteiger partial charge is 0.119 e. The summed E-state index contributed by atoms with van der Waals surface area (Å²) >= 11 is 0. The average molecular weight is 192 g/mol. The van der Waals surface area contributed by atoms with Crippen molar-refractivity contribution in [3.8, 4) is 5.75 Å². The van der Waals surface area contributed by atoms with Gasteiger partial charge in [-0.25, -0.2) is 0 Å². The maximum Gasteiger partial charge on any atom is 0.119 e. The number of benzene rings is 1. The van der Waals surface area contributed by atoms with Gasteiger partial charge in [0.2, 0.25) is 0 Å². The number of methoxy groups -OCH3 is 1. The van der Waals surface area contributed by atoms with Crippen molar-refractivity contribution in [1.29, 1.82) is 0 Å². The van der Waals surface area contributed by atoms with Crippen molar-refractivity contribution >= 4 is 0 Å². The number of rotatable bonds is 2. The maximum absolute atomic E-state index is 6.00. The van der Waals surface area contributed by atoms with E-state index in [9.17, 15) is 0 Å². The highest BCUT2D eigenvalue weighted by Gasteiger charge is 2.24. The number of nitrogens with two attached hydrogens (primary N) is 1. The summed E-state index contributed by atoms with van der Waals surface area (Å²) in [6.45, 7) is 1.87. The first-order chi connectivity index (χ1) is 6.81. The van der Waals surface area contributed by atoms with Crippen LogP contribution in [0.25, 0.3) is 0 Å². The average Bonchev–Trinajstić information content (AvgIpc) is 2.65. The molecule has 2 atom stereocenters. The Kier molecular flexibility index (Phi) is 2.70. The van der Waals surface area contributed by atoms with Crippen LogP contribution in [-0.2, 0) is 0 Å². The molecular formula is C11H16N2O. The van der Waals surface area contributed by atoms with Crippen LogP contribution >= 0.6 is 0 Å². The molecule has 1 aliphatic heterocycles. The van der Waals surface area contributed by atoms with Crippen LogP contribution in [-0.4, -0.2) is 26.2 Å². The number of nitrogens with one attached hydrogen (secondary N) is 1. The predicted molar refractivity (Wildman–Crippen MR) is 56.6 cm³/mol. The largest absolute Gasteiger partial charge is 0.497 e.